The Kier molecular flexibility index (Phi) is 5.99. The van der Waals surface area contributed by atoms with Crippen molar-refractivity contribution in [1.29, 1.82) is 0 Å². The lowest BCUT2D eigenvalue weighted by molar-refractivity contribution is -0.194. The van der Waals surface area contributed by atoms with Gasteiger partial charge in [0.2, 0.25) is 0 Å². The second-order valence-electron chi connectivity index (χ2n) is 6.32. The minimum Gasteiger partial charge on any atom is -0.458 e. The molecule has 0 radical (unpaired) electrons. The Hall–Kier alpha value is -3.59. The van der Waals surface area contributed by atoms with Gasteiger partial charge in [0.05, 0.1) is 6.61 Å². The third-order valence-corrected chi connectivity index (χ3v) is 4.02. The van der Waals surface area contributed by atoms with Crippen LogP contribution in [0, 0.1) is 0 Å². The van der Waals surface area contributed by atoms with E-state index < -0.39 is 24.0 Å². The predicted octanol–water partition coefficient (Wildman–Crippen LogP) is 2.39. The molecule has 0 aromatic heterocycles. The third-order valence-electron chi connectivity index (χ3n) is 4.02. The summed E-state index contributed by atoms with van der Waals surface area (Å²) < 4.78 is 10.6. The first-order chi connectivity index (χ1) is 13.9. The summed E-state index contributed by atoms with van der Waals surface area (Å²) in [6.45, 7) is 1.56. The minimum absolute atomic E-state index is 0.000757. The number of hydrazine groups is 1. The Labute approximate surface area is 167 Å². The molecule has 2 aromatic carbocycles. The molecule has 0 saturated carbocycles. The van der Waals surface area contributed by atoms with Crippen molar-refractivity contribution in [3.8, 4) is 11.5 Å². The molecule has 9 heteroatoms. The van der Waals surface area contributed by atoms with Crippen molar-refractivity contribution >= 4 is 18.0 Å². The van der Waals surface area contributed by atoms with Gasteiger partial charge in [0, 0.05) is 25.2 Å². The maximum absolute atomic E-state index is 12.9. The Morgan fingerprint density at radius 1 is 0.966 bits per heavy atom. The fourth-order valence-corrected chi connectivity index (χ4v) is 2.91. The Morgan fingerprint density at radius 2 is 1.52 bits per heavy atom. The van der Waals surface area contributed by atoms with Gasteiger partial charge >= 0.3 is 18.0 Å². The highest BCUT2D eigenvalue weighted by atomic mass is 16.7. The van der Waals surface area contributed by atoms with Crippen LogP contribution >= 0.6 is 0 Å². The van der Waals surface area contributed by atoms with Crippen molar-refractivity contribution < 1.29 is 28.7 Å². The first kappa shape index (κ1) is 20.2. The van der Waals surface area contributed by atoms with E-state index in [2.05, 4.69) is 10.2 Å². The van der Waals surface area contributed by atoms with Crippen LogP contribution in [-0.4, -0.2) is 48.7 Å². The summed E-state index contributed by atoms with van der Waals surface area (Å²) in [5.41, 5.74) is 3.72. The lowest BCUT2D eigenvalue weighted by Crippen LogP contribution is -2.49. The van der Waals surface area contributed by atoms with E-state index in [0.29, 0.717) is 22.6 Å². The number of urea groups is 1. The second kappa shape index (κ2) is 8.61. The van der Waals surface area contributed by atoms with Gasteiger partial charge in [0.15, 0.2) is 0 Å². The van der Waals surface area contributed by atoms with E-state index in [4.69, 9.17) is 9.57 Å². The highest BCUT2D eigenvalue weighted by Gasteiger charge is 2.38. The van der Waals surface area contributed by atoms with E-state index in [1.165, 1.54) is 5.01 Å². The van der Waals surface area contributed by atoms with E-state index in [1.54, 1.807) is 69.6 Å². The minimum atomic E-state index is -1.30. The van der Waals surface area contributed by atoms with Crippen molar-refractivity contribution in [2.45, 2.75) is 13.0 Å². The number of fused-ring (bicyclic) bond motifs is 2. The van der Waals surface area contributed by atoms with E-state index in [1.807, 2.05) is 0 Å². The van der Waals surface area contributed by atoms with Crippen LogP contribution in [0.5, 0.6) is 11.5 Å². The summed E-state index contributed by atoms with van der Waals surface area (Å²) in [5.74, 6) is -1.48. The smallest absolute Gasteiger partial charge is 0.441 e. The van der Waals surface area contributed by atoms with Crippen LogP contribution in [0.1, 0.15) is 24.1 Å². The number of rotatable bonds is 3. The van der Waals surface area contributed by atoms with Gasteiger partial charge in [-0.3, -0.25) is 5.43 Å². The van der Waals surface area contributed by atoms with Gasteiger partial charge in [-0.25, -0.2) is 19.4 Å². The third kappa shape index (κ3) is 4.30. The molecule has 1 heterocycles. The summed E-state index contributed by atoms with van der Waals surface area (Å²) in [4.78, 5) is 42.1. The number of hydrogen-bond donors (Lipinski definition) is 1. The van der Waals surface area contributed by atoms with Crippen LogP contribution in [0.4, 0.5) is 4.79 Å². The number of amides is 2. The molecule has 2 aromatic rings. The van der Waals surface area contributed by atoms with Crippen LogP contribution in [-0.2, 0) is 19.2 Å². The van der Waals surface area contributed by atoms with Crippen LogP contribution in [0.2, 0.25) is 0 Å². The number of hydrogen-bond acceptors (Lipinski definition) is 7. The normalized spacial score (nSPS) is 12.3. The topological polar surface area (TPSA) is 97.4 Å². The van der Waals surface area contributed by atoms with Crippen molar-refractivity contribution in [2.24, 2.45) is 0 Å². The summed E-state index contributed by atoms with van der Waals surface area (Å²) in [7, 11) is 3.21. The number of carbonyl (C=O) groups excluding carboxylic acids is 3. The monoisotopic (exact) mass is 399 g/mol. The lowest BCUT2D eigenvalue weighted by Gasteiger charge is -2.35. The molecule has 0 bridgehead atoms. The molecule has 0 fully saturated rings. The number of para-hydroxylation sites is 2. The molecule has 29 heavy (non-hydrogen) atoms. The van der Waals surface area contributed by atoms with Crippen LogP contribution < -0.4 is 10.2 Å². The van der Waals surface area contributed by atoms with Gasteiger partial charge in [-0.05, 0) is 19.1 Å². The zero-order valence-corrected chi connectivity index (χ0v) is 16.2. The number of benzene rings is 2. The first-order valence-electron chi connectivity index (χ1n) is 8.94. The molecule has 1 aliphatic rings. The molecular formula is C20H21N3O6. The van der Waals surface area contributed by atoms with Gasteiger partial charge in [0.1, 0.15) is 17.5 Å². The molecule has 1 aliphatic heterocycles. The first-order valence-corrected chi connectivity index (χ1v) is 8.94. The SMILES string of the molecule is CCOC(=O)C(=O)ON(C(=O)NN(C)C)C1c2ccccc2Oc2ccccc21. The summed E-state index contributed by atoms with van der Waals surface area (Å²) in [6.07, 6.45) is 0. The van der Waals surface area contributed by atoms with Crippen molar-refractivity contribution in [1.82, 2.24) is 15.5 Å². The lowest BCUT2D eigenvalue weighted by atomic mass is 9.94. The van der Waals surface area contributed by atoms with Crippen molar-refractivity contribution in [3.63, 3.8) is 0 Å². The molecule has 1 N–H and O–H groups in total. The highest BCUT2D eigenvalue weighted by molar-refractivity contribution is 6.29. The number of hydroxylamine groups is 2. The number of carbonyl (C=O) groups is 3. The van der Waals surface area contributed by atoms with Gasteiger partial charge < -0.3 is 14.3 Å². The number of esters is 1. The average Bonchev–Trinajstić information content (AvgIpc) is 2.70. The second-order valence-corrected chi connectivity index (χ2v) is 6.32. The molecule has 2 amide bonds. The van der Waals surface area contributed by atoms with Crippen molar-refractivity contribution in [3.05, 3.63) is 59.7 Å². The number of nitrogens with zero attached hydrogens (tertiary/aromatic N) is 2. The predicted molar refractivity (Wildman–Crippen MR) is 102 cm³/mol. The molecule has 0 aliphatic carbocycles. The van der Waals surface area contributed by atoms with Crippen LogP contribution in [0.25, 0.3) is 0 Å². The molecule has 152 valence electrons. The molecule has 3 rings (SSSR count). The van der Waals surface area contributed by atoms with Gasteiger partial charge in [-0.1, -0.05) is 36.4 Å². The quantitative estimate of drug-likeness (QED) is 0.481. The average molecular weight is 399 g/mol. The van der Waals surface area contributed by atoms with Gasteiger partial charge in [-0.2, -0.15) is 0 Å². The zero-order valence-electron chi connectivity index (χ0n) is 16.2. The molecular weight excluding hydrogens is 378 g/mol. The van der Waals surface area contributed by atoms with E-state index in [9.17, 15) is 14.4 Å². The van der Waals surface area contributed by atoms with E-state index >= 15 is 0 Å². The molecule has 0 saturated heterocycles. The zero-order chi connectivity index (χ0) is 21.0. The van der Waals surface area contributed by atoms with Crippen LogP contribution in [0.3, 0.4) is 0 Å². The fourth-order valence-electron chi connectivity index (χ4n) is 2.91. The number of ether oxygens (including phenoxy) is 2. The van der Waals surface area contributed by atoms with Crippen molar-refractivity contribution in [2.75, 3.05) is 20.7 Å². The van der Waals surface area contributed by atoms with Gasteiger partial charge in [0.25, 0.3) is 0 Å². The fraction of sp³-hybridized carbons (Fsp3) is 0.250. The Bertz CT molecular complexity index is 884. The van der Waals surface area contributed by atoms with Crippen LogP contribution in [0.15, 0.2) is 48.5 Å². The van der Waals surface area contributed by atoms with E-state index in [-0.39, 0.29) is 6.61 Å². The van der Waals surface area contributed by atoms with E-state index in [0.717, 1.165) is 5.06 Å². The van der Waals surface area contributed by atoms with Gasteiger partial charge in [-0.15, -0.1) is 5.06 Å². The summed E-state index contributed by atoms with van der Waals surface area (Å²) >= 11 is 0. The molecule has 9 nitrogen and oxygen atoms in total. The molecule has 0 spiro atoms. The summed E-state index contributed by atoms with van der Waals surface area (Å²) in [6, 6.07) is 12.5. The maximum Gasteiger partial charge on any atom is 0.441 e. The molecule has 0 unspecified atom stereocenters. The Morgan fingerprint density at radius 3 is 2.03 bits per heavy atom. The standard InChI is InChI=1S/C20H21N3O6/c1-4-27-18(24)19(25)29-23(20(26)21-22(2)3)17-13-9-5-7-11-15(13)28-16-12-8-6-10-14(16)17/h5-12,17H,4H2,1-3H3,(H,21,26). The highest BCUT2D eigenvalue weighted by Crippen LogP contribution is 2.45. The molecule has 0 atom stereocenters. The summed E-state index contributed by atoms with van der Waals surface area (Å²) in [5, 5.41) is 2.21. The number of nitrogens with one attached hydrogen (secondary N) is 1. The largest absolute Gasteiger partial charge is 0.458 e. The maximum atomic E-state index is 12.9. The Balaban J connectivity index is 2.06.